The molecule has 0 aromatic heterocycles. The van der Waals surface area contributed by atoms with Gasteiger partial charge in [0.15, 0.2) is 23.1 Å². The molecule has 2 aromatic rings. The van der Waals surface area contributed by atoms with Crippen LogP contribution in [0.3, 0.4) is 0 Å². The Labute approximate surface area is 166 Å². The third-order valence-electron chi connectivity index (χ3n) is 4.97. The standard InChI is InChI=1S/C23H16N2O4/c24-16-10-4-8-12-18(16)22(28)14(20(12)26)6-2-1-3-7-15-21(27)13-9-5-11-17(25)19(13)23(15)29/h1-2,4-11H,3,24-25H2. The van der Waals surface area contributed by atoms with Crippen LogP contribution in [-0.4, -0.2) is 23.1 Å². The number of hydrogen-bond acceptors (Lipinski definition) is 6. The zero-order valence-electron chi connectivity index (χ0n) is 15.3. The maximum absolute atomic E-state index is 12.4. The summed E-state index contributed by atoms with van der Waals surface area (Å²) in [4.78, 5) is 49.6. The van der Waals surface area contributed by atoms with E-state index in [1.54, 1.807) is 48.6 Å². The highest BCUT2D eigenvalue weighted by molar-refractivity contribution is 6.41. The van der Waals surface area contributed by atoms with Gasteiger partial charge in [0.25, 0.3) is 0 Å². The first-order valence-corrected chi connectivity index (χ1v) is 8.94. The molecule has 2 aliphatic carbocycles. The first kappa shape index (κ1) is 18.3. The fourth-order valence-corrected chi connectivity index (χ4v) is 3.56. The zero-order chi connectivity index (χ0) is 20.7. The van der Waals surface area contributed by atoms with E-state index in [4.69, 9.17) is 11.5 Å². The molecule has 29 heavy (non-hydrogen) atoms. The second-order valence-corrected chi connectivity index (χ2v) is 6.72. The number of benzene rings is 2. The fraction of sp³-hybridized carbons (Fsp3) is 0.0435. The summed E-state index contributed by atoms with van der Waals surface area (Å²) in [6.07, 6.45) is 6.43. The van der Waals surface area contributed by atoms with Crippen molar-refractivity contribution in [2.75, 3.05) is 11.5 Å². The summed E-state index contributed by atoms with van der Waals surface area (Å²) < 4.78 is 0. The number of hydrogen-bond donors (Lipinski definition) is 2. The molecule has 0 amide bonds. The smallest absolute Gasteiger partial charge is 0.199 e. The Balaban J connectivity index is 1.51. The predicted molar refractivity (Wildman–Crippen MR) is 109 cm³/mol. The largest absolute Gasteiger partial charge is 0.398 e. The molecule has 0 fully saturated rings. The Bertz CT molecular complexity index is 1220. The van der Waals surface area contributed by atoms with Crippen molar-refractivity contribution in [2.45, 2.75) is 6.42 Å². The minimum absolute atomic E-state index is 0.0370. The number of carbonyl (C=O) groups excluding carboxylic acids is 4. The van der Waals surface area contributed by atoms with Gasteiger partial charge in [-0.25, -0.2) is 0 Å². The van der Waals surface area contributed by atoms with Gasteiger partial charge < -0.3 is 11.5 Å². The van der Waals surface area contributed by atoms with Crippen LogP contribution in [0.1, 0.15) is 47.9 Å². The van der Waals surface area contributed by atoms with Crippen LogP contribution in [0.5, 0.6) is 0 Å². The van der Waals surface area contributed by atoms with Crippen LogP contribution in [-0.2, 0) is 0 Å². The fourth-order valence-electron chi connectivity index (χ4n) is 3.56. The Kier molecular flexibility index (Phi) is 4.31. The van der Waals surface area contributed by atoms with E-state index in [1.165, 1.54) is 12.2 Å². The summed E-state index contributed by atoms with van der Waals surface area (Å²) in [6, 6.07) is 9.57. The highest BCUT2D eigenvalue weighted by Gasteiger charge is 2.35. The van der Waals surface area contributed by atoms with Crippen molar-refractivity contribution in [1.82, 2.24) is 0 Å². The Morgan fingerprint density at radius 3 is 1.76 bits per heavy atom. The second kappa shape index (κ2) is 6.83. The van der Waals surface area contributed by atoms with Crippen molar-refractivity contribution in [2.24, 2.45) is 0 Å². The average Bonchev–Trinajstić information content (AvgIpc) is 3.09. The van der Waals surface area contributed by atoms with E-state index >= 15 is 0 Å². The SMILES string of the molecule is Nc1cccc2c1C(=O)C(=CC=CCC=C1C(=O)c3cccc(N)c3C1=O)C2=O. The Morgan fingerprint density at radius 2 is 1.21 bits per heavy atom. The number of Topliss-reactive ketones (excluding diaryl/α,β-unsaturated/α-hetero) is 4. The first-order chi connectivity index (χ1) is 13.9. The van der Waals surface area contributed by atoms with Gasteiger partial charge in [0.1, 0.15) is 0 Å². The maximum Gasteiger partial charge on any atom is 0.199 e. The Hall–Kier alpha value is -4.06. The summed E-state index contributed by atoms with van der Waals surface area (Å²) in [6.45, 7) is 0. The zero-order valence-corrected chi connectivity index (χ0v) is 15.3. The second-order valence-electron chi connectivity index (χ2n) is 6.72. The number of carbonyl (C=O) groups is 4. The topological polar surface area (TPSA) is 120 Å². The van der Waals surface area contributed by atoms with Crippen LogP contribution < -0.4 is 11.5 Å². The number of nitrogens with two attached hydrogens (primary N) is 2. The molecule has 0 bridgehead atoms. The lowest BCUT2D eigenvalue weighted by molar-refractivity contribution is 0.0973. The molecule has 4 N–H and O–H groups in total. The molecule has 0 saturated carbocycles. The Morgan fingerprint density at radius 1 is 0.690 bits per heavy atom. The molecule has 0 aliphatic heterocycles. The maximum atomic E-state index is 12.4. The van der Waals surface area contributed by atoms with Crippen molar-refractivity contribution in [3.8, 4) is 0 Å². The number of fused-ring (bicyclic) bond motifs is 2. The average molecular weight is 384 g/mol. The van der Waals surface area contributed by atoms with Crippen LogP contribution >= 0.6 is 0 Å². The highest BCUT2D eigenvalue weighted by Crippen LogP contribution is 2.31. The minimum Gasteiger partial charge on any atom is -0.398 e. The van der Waals surface area contributed by atoms with Gasteiger partial charge >= 0.3 is 0 Å². The molecule has 0 atom stereocenters. The van der Waals surface area contributed by atoms with Crippen LogP contribution in [0, 0.1) is 0 Å². The number of ketones is 4. The molecule has 0 heterocycles. The molecule has 4 rings (SSSR count). The van der Waals surface area contributed by atoms with Crippen molar-refractivity contribution < 1.29 is 19.2 Å². The van der Waals surface area contributed by atoms with Gasteiger partial charge in [-0.1, -0.05) is 42.5 Å². The molecule has 2 aromatic carbocycles. The van der Waals surface area contributed by atoms with E-state index in [-0.39, 0.29) is 57.4 Å². The number of nitrogen functional groups attached to an aromatic ring is 2. The molecule has 2 aliphatic rings. The van der Waals surface area contributed by atoms with Gasteiger partial charge in [-0.05, 0) is 24.6 Å². The van der Waals surface area contributed by atoms with E-state index < -0.39 is 5.78 Å². The highest BCUT2D eigenvalue weighted by atomic mass is 16.2. The molecule has 6 nitrogen and oxygen atoms in total. The summed E-state index contributed by atoms with van der Waals surface area (Å²) in [5.74, 6) is -1.51. The third-order valence-corrected chi connectivity index (χ3v) is 4.97. The van der Waals surface area contributed by atoms with Crippen molar-refractivity contribution in [3.63, 3.8) is 0 Å². The van der Waals surface area contributed by atoms with E-state index in [1.807, 2.05) is 0 Å². The van der Waals surface area contributed by atoms with Gasteiger partial charge in [0.05, 0.1) is 22.3 Å². The van der Waals surface area contributed by atoms with Crippen LogP contribution in [0.15, 0.2) is 71.8 Å². The lowest BCUT2D eigenvalue weighted by atomic mass is 10.1. The summed E-state index contributed by atoms with van der Waals surface area (Å²) >= 11 is 0. The normalized spacial score (nSPS) is 18.3. The minimum atomic E-state index is -0.404. The van der Waals surface area contributed by atoms with Crippen LogP contribution in [0.4, 0.5) is 11.4 Å². The van der Waals surface area contributed by atoms with E-state index in [9.17, 15) is 19.2 Å². The van der Waals surface area contributed by atoms with Gasteiger partial charge in [-0.2, -0.15) is 0 Å². The number of anilines is 2. The molecular formula is C23H16N2O4. The summed E-state index contributed by atoms with van der Waals surface area (Å²) in [5, 5.41) is 0. The summed E-state index contributed by atoms with van der Waals surface area (Å²) in [5.41, 5.74) is 13.4. The molecule has 0 radical (unpaired) electrons. The van der Waals surface area contributed by atoms with Crippen molar-refractivity contribution >= 4 is 34.5 Å². The quantitative estimate of drug-likeness (QED) is 0.477. The van der Waals surface area contributed by atoms with Gasteiger partial charge in [-0.15, -0.1) is 0 Å². The van der Waals surface area contributed by atoms with Crippen molar-refractivity contribution in [3.05, 3.63) is 94.1 Å². The van der Waals surface area contributed by atoms with Gasteiger partial charge in [-0.3, -0.25) is 19.2 Å². The lowest BCUT2D eigenvalue weighted by Gasteiger charge is -1.98. The van der Waals surface area contributed by atoms with E-state index in [2.05, 4.69) is 0 Å². The third kappa shape index (κ3) is 2.82. The molecule has 0 unspecified atom stereocenters. The molecule has 0 spiro atoms. The first-order valence-electron chi connectivity index (χ1n) is 8.94. The van der Waals surface area contributed by atoms with E-state index in [0.717, 1.165) is 0 Å². The molecule has 6 heteroatoms. The molecule has 0 saturated heterocycles. The van der Waals surface area contributed by atoms with Gasteiger partial charge in [0, 0.05) is 22.5 Å². The number of rotatable bonds is 3. The molecule has 142 valence electrons. The number of allylic oxidation sites excluding steroid dienone is 6. The monoisotopic (exact) mass is 384 g/mol. The van der Waals surface area contributed by atoms with Crippen molar-refractivity contribution in [1.29, 1.82) is 0 Å². The van der Waals surface area contributed by atoms with Crippen LogP contribution in [0.2, 0.25) is 0 Å². The molecular weight excluding hydrogens is 368 g/mol. The predicted octanol–water partition coefficient (Wildman–Crippen LogP) is 3.11. The van der Waals surface area contributed by atoms with E-state index in [0.29, 0.717) is 11.1 Å². The van der Waals surface area contributed by atoms with Gasteiger partial charge in [0.2, 0.25) is 0 Å². The van der Waals surface area contributed by atoms with Crippen LogP contribution in [0.25, 0.3) is 0 Å². The summed E-state index contributed by atoms with van der Waals surface area (Å²) in [7, 11) is 0. The lowest BCUT2D eigenvalue weighted by Crippen LogP contribution is -2.01.